The Labute approximate surface area is 203 Å². The van der Waals surface area contributed by atoms with E-state index >= 15 is 0 Å². The summed E-state index contributed by atoms with van der Waals surface area (Å²) in [5, 5.41) is 13.9. The molecule has 0 saturated carbocycles. The molecule has 1 aliphatic heterocycles. The van der Waals surface area contributed by atoms with Gasteiger partial charge in [-0.3, -0.25) is 19.3 Å². The summed E-state index contributed by atoms with van der Waals surface area (Å²) in [6, 6.07) is 21.6. The van der Waals surface area contributed by atoms with E-state index in [1.54, 1.807) is 48.5 Å². The van der Waals surface area contributed by atoms with Crippen molar-refractivity contribution >= 4 is 34.7 Å². The van der Waals surface area contributed by atoms with Gasteiger partial charge in [0.05, 0.1) is 17.7 Å². The molecule has 1 fully saturated rings. The van der Waals surface area contributed by atoms with Gasteiger partial charge in [-0.25, -0.2) is 0 Å². The lowest BCUT2D eigenvalue weighted by molar-refractivity contribution is -0.132. The Morgan fingerprint density at radius 2 is 1.57 bits per heavy atom. The summed E-state index contributed by atoms with van der Waals surface area (Å²) in [6.45, 7) is 5.24. The van der Waals surface area contributed by atoms with Crippen molar-refractivity contribution in [3.63, 3.8) is 0 Å². The second-order valence-electron chi connectivity index (χ2n) is 8.50. The number of rotatable bonds is 6. The number of aliphatic hydroxyl groups excluding tert-OH is 1. The van der Waals surface area contributed by atoms with Crippen LogP contribution in [0.15, 0.2) is 84.4 Å². The molecule has 7 nitrogen and oxygen atoms in total. The number of carbonyl (C=O) groups is 3. The first-order valence-electron chi connectivity index (χ1n) is 11.3. The lowest BCUT2D eigenvalue weighted by Crippen LogP contribution is -2.29. The number of ether oxygens (including phenoxy) is 1. The normalized spacial score (nSPS) is 17.0. The fourth-order valence-electron chi connectivity index (χ4n) is 4.08. The zero-order chi connectivity index (χ0) is 25.1. The molecule has 1 aliphatic rings. The number of anilines is 2. The third-order valence-corrected chi connectivity index (χ3v) is 5.53. The Morgan fingerprint density at radius 3 is 2.14 bits per heavy atom. The highest BCUT2D eigenvalue weighted by Gasteiger charge is 2.46. The fraction of sp³-hybridized carbons (Fsp3) is 0.179. The van der Waals surface area contributed by atoms with E-state index in [0.717, 1.165) is 0 Å². The largest absolute Gasteiger partial charge is 0.507 e. The van der Waals surface area contributed by atoms with E-state index in [2.05, 4.69) is 5.32 Å². The van der Waals surface area contributed by atoms with Crippen molar-refractivity contribution in [2.45, 2.75) is 32.9 Å². The van der Waals surface area contributed by atoms with E-state index in [9.17, 15) is 19.5 Å². The second-order valence-corrected chi connectivity index (χ2v) is 8.50. The lowest BCUT2D eigenvalue weighted by atomic mass is 9.95. The SMILES string of the molecule is CC(=O)Nc1ccc(N2C(=O)C(=O)/C(=C(/O)c3ccc(OC(C)C)cc3)C2c2ccccc2)cc1. The Kier molecular flexibility index (Phi) is 6.68. The average Bonchev–Trinajstić information content (AvgIpc) is 3.10. The summed E-state index contributed by atoms with van der Waals surface area (Å²) < 4.78 is 5.66. The number of nitrogens with zero attached hydrogens (tertiary/aromatic N) is 1. The highest BCUT2D eigenvalue weighted by molar-refractivity contribution is 6.51. The van der Waals surface area contributed by atoms with Crippen LogP contribution in [0.3, 0.4) is 0 Å². The van der Waals surface area contributed by atoms with Crippen molar-refractivity contribution in [2.24, 2.45) is 0 Å². The topological polar surface area (TPSA) is 95.9 Å². The molecule has 3 aromatic carbocycles. The molecule has 4 rings (SSSR count). The smallest absolute Gasteiger partial charge is 0.300 e. The van der Waals surface area contributed by atoms with Crippen molar-refractivity contribution in [1.29, 1.82) is 0 Å². The molecule has 0 aliphatic carbocycles. The van der Waals surface area contributed by atoms with Gasteiger partial charge in [-0.15, -0.1) is 0 Å². The third-order valence-electron chi connectivity index (χ3n) is 5.53. The first-order chi connectivity index (χ1) is 16.8. The van der Waals surface area contributed by atoms with Crippen LogP contribution in [0.1, 0.15) is 37.9 Å². The number of Topliss-reactive ketones (excluding diaryl/α,β-unsaturated/α-hetero) is 1. The molecule has 2 N–H and O–H groups in total. The fourth-order valence-corrected chi connectivity index (χ4v) is 4.08. The molecule has 1 unspecified atom stereocenters. The molecular formula is C28H26N2O5. The average molecular weight is 471 g/mol. The van der Waals surface area contributed by atoms with Gasteiger partial charge < -0.3 is 15.2 Å². The minimum absolute atomic E-state index is 0.00432. The number of hydrogen-bond acceptors (Lipinski definition) is 5. The van der Waals surface area contributed by atoms with Gasteiger partial charge in [0.2, 0.25) is 5.91 Å². The van der Waals surface area contributed by atoms with Gasteiger partial charge in [0.1, 0.15) is 11.5 Å². The number of carbonyl (C=O) groups excluding carboxylic acids is 3. The molecular weight excluding hydrogens is 444 g/mol. The molecule has 35 heavy (non-hydrogen) atoms. The quantitative estimate of drug-likeness (QED) is 0.298. The van der Waals surface area contributed by atoms with Crippen LogP contribution in [-0.4, -0.2) is 28.8 Å². The van der Waals surface area contributed by atoms with Crippen molar-refractivity contribution in [3.8, 4) is 5.75 Å². The number of benzene rings is 3. The molecule has 3 aromatic rings. The molecule has 1 saturated heterocycles. The standard InChI is InChI=1S/C28H26N2O5/c1-17(2)35-23-15-9-20(10-16-23)26(32)24-25(19-7-5-4-6-8-19)30(28(34)27(24)33)22-13-11-21(12-14-22)29-18(3)31/h4-17,25,32H,1-3H3,(H,29,31)/b26-24+. The number of amides is 2. The van der Waals surface area contributed by atoms with Crippen molar-refractivity contribution < 1.29 is 24.2 Å². The predicted octanol–water partition coefficient (Wildman–Crippen LogP) is 5.06. The highest BCUT2D eigenvalue weighted by Crippen LogP contribution is 2.42. The van der Waals surface area contributed by atoms with E-state index in [-0.39, 0.29) is 23.3 Å². The number of nitrogens with one attached hydrogen (secondary N) is 1. The van der Waals surface area contributed by atoms with Gasteiger partial charge in [-0.2, -0.15) is 0 Å². The molecule has 178 valence electrons. The Hall–Kier alpha value is -4.39. The molecule has 0 spiro atoms. The van der Waals surface area contributed by atoms with E-state index < -0.39 is 17.7 Å². The minimum atomic E-state index is -0.825. The van der Waals surface area contributed by atoms with Crippen molar-refractivity contribution in [3.05, 3.63) is 95.6 Å². The van der Waals surface area contributed by atoms with Crippen LogP contribution in [0.25, 0.3) is 5.76 Å². The van der Waals surface area contributed by atoms with Crippen LogP contribution in [-0.2, 0) is 14.4 Å². The summed E-state index contributed by atoms with van der Waals surface area (Å²) in [7, 11) is 0. The molecule has 1 heterocycles. The molecule has 7 heteroatoms. The van der Waals surface area contributed by atoms with Gasteiger partial charge in [-0.05, 0) is 67.9 Å². The minimum Gasteiger partial charge on any atom is -0.507 e. The Morgan fingerprint density at radius 1 is 0.943 bits per heavy atom. The first kappa shape index (κ1) is 23.8. The summed E-state index contributed by atoms with van der Waals surface area (Å²) >= 11 is 0. The van der Waals surface area contributed by atoms with Gasteiger partial charge in [0.25, 0.3) is 11.7 Å². The van der Waals surface area contributed by atoms with E-state index in [1.807, 2.05) is 44.2 Å². The second kappa shape index (κ2) is 9.85. The first-order valence-corrected chi connectivity index (χ1v) is 11.3. The lowest BCUT2D eigenvalue weighted by Gasteiger charge is -2.25. The van der Waals surface area contributed by atoms with Gasteiger partial charge in [0, 0.05) is 23.9 Å². The van der Waals surface area contributed by atoms with E-state index in [0.29, 0.717) is 28.3 Å². The molecule has 0 radical (unpaired) electrons. The maximum absolute atomic E-state index is 13.2. The van der Waals surface area contributed by atoms with Gasteiger partial charge >= 0.3 is 0 Å². The zero-order valence-electron chi connectivity index (χ0n) is 19.7. The Bertz CT molecular complexity index is 1280. The van der Waals surface area contributed by atoms with Crippen molar-refractivity contribution in [1.82, 2.24) is 0 Å². The summed E-state index contributed by atoms with van der Waals surface area (Å²) in [4.78, 5) is 39.2. The predicted molar refractivity (Wildman–Crippen MR) is 134 cm³/mol. The van der Waals surface area contributed by atoms with E-state index in [4.69, 9.17) is 4.74 Å². The summed E-state index contributed by atoms with van der Waals surface area (Å²) in [6.07, 6.45) is -0.00473. The summed E-state index contributed by atoms with van der Waals surface area (Å²) in [5.74, 6) is -1.36. The van der Waals surface area contributed by atoms with Crippen LogP contribution in [0.4, 0.5) is 11.4 Å². The van der Waals surface area contributed by atoms with Gasteiger partial charge in [-0.1, -0.05) is 30.3 Å². The maximum Gasteiger partial charge on any atom is 0.300 e. The summed E-state index contributed by atoms with van der Waals surface area (Å²) in [5.41, 5.74) is 2.12. The van der Waals surface area contributed by atoms with Crippen LogP contribution < -0.4 is 15.0 Å². The molecule has 0 aromatic heterocycles. The van der Waals surface area contributed by atoms with E-state index in [1.165, 1.54) is 11.8 Å². The maximum atomic E-state index is 13.2. The number of hydrogen-bond donors (Lipinski definition) is 2. The monoisotopic (exact) mass is 470 g/mol. The van der Waals surface area contributed by atoms with Crippen LogP contribution in [0.5, 0.6) is 5.75 Å². The van der Waals surface area contributed by atoms with Crippen LogP contribution in [0, 0.1) is 0 Å². The van der Waals surface area contributed by atoms with Gasteiger partial charge in [0.15, 0.2) is 0 Å². The number of aliphatic hydroxyl groups is 1. The number of ketones is 1. The molecule has 2 amide bonds. The zero-order valence-corrected chi connectivity index (χ0v) is 19.7. The van der Waals surface area contributed by atoms with Crippen LogP contribution >= 0.6 is 0 Å². The third kappa shape index (κ3) is 4.94. The molecule has 1 atom stereocenters. The Balaban J connectivity index is 1.80. The van der Waals surface area contributed by atoms with Crippen molar-refractivity contribution in [2.75, 3.05) is 10.2 Å². The highest BCUT2D eigenvalue weighted by atomic mass is 16.5. The van der Waals surface area contributed by atoms with Crippen LogP contribution in [0.2, 0.25) is 0 Å². The molecule has 0 bridgehead atoms.